The number of carbonyl (C=O) groups is 4. The van der Waals surface area contributed by atoms with E-state index in [1.54, 1.807) is 17.0 Å². The molecule has 6 atom stereocenters. The number of para-hydroxylation sites is 1. The molecule has 7 nitrogen and oxygen atoms in total. The Labute approximate surface area is 286 Å². The van der Waals surface area contributed by atoms with Crippen LogP contribution in [0.3, 0.4) is 0 Å². The molecule has 3 aromatic carbocycles. The highest BCUT2D eigenvalue weighted by Gasteiger charge is 2.66. The lowest BCUT2D eigenvalue weighted by atomic mass is 9.44. The molecule has 7 heteroatoms. The van der Waals surface area contributed by atoms with Crippen LogP contribution in [0.1, 0.15) is 74.5 Å². The maximum Gasteiger partial charge on any atom is 0.233 e. The number of phenolic OH excluding ortho intramolecular Hbond substituents is 1. The van der Waals surface area contributed by atoms with Crippen molar-refractivity contribution < 1.29 is 29.0 Å². The van der Waals surface area contributed by atoms with Crippen LogP contribution in [0.15, 0.2) is 96.6 Å². The van der Waals surface area contributed by atoms with Gasteiger partial charge in [0.05, 0.1) is 23.9 Å². The quantitative estimate of drug-likeness (QED) is 0.228. The van der Waals surface area contributed by atoms with Gasteiger partial charge in [-0.1, -0.05) is 104 Å². The minimum absolute atomic E-state index is 0.0807. The van der Waals surface area contributed by atoms with Gasteiger partial charge < -0.3 is 9.84 Å². The van der Waals surface area contributed by atoms with Crippen LogP contribution in [0.4, 0.5) is 0 Å². The molecule has 5 aliphatic rings. The number of amides is 2. The SMILES string of the molecule is CCOc1cccc([C@H]2C3=CC[C@@H]4C(=O)N(C5CCCCC5)C(=O)[C@@H]4[C@@H]3C[C@H]3C(=O)C(c4ccccc4)=CC(=O)[C@@]23c2ccccc2)c1O. The van der Waals surface area contributed by atoms with Crippen molar-refractivity contribution in [3.8, 4) is 11.5 Å². The molecule has 2 saturated carbocycles. The van der Waals surface area contributed by atoms with Gasteiger partial charge in [-0.05, 0) is 61.8 Å². The lowest BCUT2D eigenvalue weighted by Crippen LogP contribution is -2.58. The van der Waals surface area contributed by atoms with Gasteiger partial charge in [-0.2, -0.15) is 0 Å². The molecule has 0 spiro atoms. The number of benzene rings is 3. The first-order valence-electron chi connectivity index (χ1n) is 17.8. The van der Waals surface area contributed by atoms with Crippen LogP contribution in [0.2, 0.25) is 0 Å². The number of ether oxygens (including phenoxy) is 1. The van der Waals surface area contributed by atoms with E-state index in [0.717, 1.165) is 37.7 Å². The number of hydrogen-bond donors (Lipinski definition) is 1. The summed E-state index contributed by atoms with van der Waals surface area (Å²) in [5.74, 6) is -3.65. The van der Waals surface area contributed by atoms with E-state index in [-0.39, 0.29) is 41.6 Å². The van der Waals surface area contributed by atoms with Crippen molar-refractivity contribution in [2.45, 2.75) is 69.2 Å². The van der Waals surface area contributed by atoms with Crippen LogP contribution in [0, 0.1) is 23.7 Å². The number of nitrogens with zero attached hydrogens (tertiary/aromatic N) is 1. The maximum absolute atomic E-state index is 15.2. The first-order chi connectivity index (χ1) is 23.9. The van der Waals surface area contributed by atoms with Crippen molar-refractivity contribution in [3.05, 3.63) is 113 Å². The van der Waals surface area contributed by atoms with E-state index in [1.165, 1.54) is 6.08 Å². The minimum Gasteiger partial charge on any atom is -0.504 e. The summed E-state index contributed by atoms with van der Waals surface area (Å²) >= 11 is 0. The third-order valence-electron chi connectivity index (χ3n) is 12.0. The van der Waals surface area contributed by atoms with Gasteiger partial charge in [-0.25, -0.2) is 0 Å². The van der Waals surface area contributed by atoms with Gasteiger partial charge in [0.2, 0.25) is 11.8 Å². The topological polar surface area (TPSA) is 101 Å². The average molecular weight is 656 g/mol. The highest BCUT2D eigenvalue weighted by Crippen LogP contribution is 2.65. The number of hydrogen-bond acceptors (Lipinski definition) is 6. The summed E-state index contributed by atoms with van der Waals surface area (Å²) < 4.78 is 5.84. The third kappa shape index (κ3) is 4.68. The highest BCUT2D eigenvalue weighted by atomic mass is 16.5. The molecule has 250 valence electrons. The molecule has 2 amide bonds. The lowest BCUT2D eigenvalue weighted by molar-refractivity contribution is -0.144. The van der Waals surface area contributed by atoms with Gasteiger partial charge in [0.15, 0.2) is 23.1 Å². The molecule has 3 aromatic rings. The number of allylic oxidation sites excluding steroid dienone is 4. The van der Waals surface area contributed by atoms with Gasteiger partial charge in [-0.15, -0.1) is 0 Å². The predicted octanol–water partition coefficient (Wildman–Crippen LogP) is 6.95. The molecule has 0 radical (unpaired) electrons. The Morgan fingerprint density at radius 3 is 2.27 bits per heavy atom. The molecule has 8 rings (SSSR count). The molecule has 0 aromatic heterocycles. The van der Waals surface area contributed by atoms with Gasteiger partial charge in [0.25, 0.3) is 0 Å². The van der Waals surface area contributed by atoms with Crippen LogP contribution in [-0.2, 0) is 24.6 Å². The molecule has 0 unspecified atom stereocenters. The Kier molecular flexibility index (Phi) is 7.89. The van der Waals surface area contributed by atoms with E-state index < -0.39 is 35.0 Å². The normalized spacial score (nSPS) is 29.9. The summed E-state index contributed by atoms with van der Waals surface area (Å²) in [5.41, 5.74) is 1.63. The number of phenols is 1. The second kappa shape index (κ2) is 12.3. The molecule has 1 N–H and O–H groups in total. The van der Waals surface area contributed by atoms with Crippen LogP contribution < -0.4 is 4.74 Å². The maximum atomic E-state index is 15.2. The summed E-state index contributed by atoms with van der Waals surface area (Å²) in [6.45, 7) is 2.17. The Morgan fingerprint density at radius 1 is 0.837 bits per heavy atom. The van der Waals surface area contributed by atoms with Crippen molar-refractivity contribution >= 4 is 29.0 Å². The predicted molar refractivity (Wildman–Crippen MR) is 185 cm³/mol. The number of aromatic hydroxyl groups is 1. The van der Waals surface area contributed by atoms with Crippen molar-refractivity contribution in [1.82, 2.24) is 4.90 Å². The fourth-order valence-corrected chi connectivity index (χ4v) is 9.99. The molecule has 0 bridgehead atoms. The van der Waals surface area contributed by atoms with Gasteiger partial charge in [0, 0.05) is 29.0 Å². The van der Waals surface area contributed by atoms with Gasteiger partial charge in [0.1, 0.15) is 0 Å². The molecule has 3 fully saturated rings. The number of likely N-dealkylation sites (tertiary alicyclic amines) is 1. The van der Waals surface area contributed by atoms with E-state index in [2.05, 4.69) is 0 Å². The zero-order valence-electron chi connectivity index (χ0n) is 27.7. The fourth-order valence-electron chi connectivity index (χ4n) is 9.99. The van der Waals surface area contributed by atoms with Crippen LogP contribution in [-0.4, -0.2) is 46.0 Å². The molecular formula is C42H41NO6. The summed E-state index contributed by atoms with van der Waals surface area (Å²) in [6.07, 6.45) is 8.90. The van der Waals surface area contributed by atoms with E-state index in [4.69, 9.17) is 4.74 Å². The fraction of sp³-hybridized carbons (Fsp3) is 0.381. The smallest absolute Gasteiger partial charge is 0.233 e. The zero-order valence-corrected chi connectivity index (χ0v) is 27.7. The second-order valence-corrected chi connectivity index (χ2v) is 14.3. The Bertz CT molecular complexity index is 1890. The largest absolute Gasteiger partial charge is 0.504 e. The van der Waals surface area contributed by atoms with Gasteiger partial charge >= 0.3 is 0 Å². The van der Waals surface area contributed by atoms with E-state index in [0.29, 0.717) is 41.0 Å². The number of carbonyl (C=O) groups excluding carboxylic acids is 4. The monoisotopic (exact) mass is 655 g/mol. The Hall–Kier alpha value is -4.78. The van der Waals surface area contributed by atoms with Crippen molar-refractivity contribution in [2.75, 3.05) is 6.61 Å². The number of ketones is 2. The van der Waals surface area contributed by atoms with Crippen molar-refractivity contribution in [3.63, 3.8) is 0 Å². The molecule has 49 heavy (non-hydrogen) atoms. The molecule has 1 aliphatic heterocycles. The lowest BCUT2D eigenvalue weighted by Gasteiger charge is -2.55. The standard InChI is InChI=1S/C42H41NO6/c1-2-49-34-20-12-19-30(39(34)46)37-28-21-22-29-36(41(48)43(40(29)47)27-17-10-5-11-18-27)32(28)23-33-38(45)31(25-13-6-3-7-14-25)24-35(44)42(33,37)26-15-8-4-9-16-26/h3-4,6-9,12-16,19-21,24,27,29,32-33,36-37,46H,2,5,10-11,17-18,22-23H2,1H3/t29-,32+,33-,36-,37+,42-/m0/s1. The second-order valence-electron chi connectivity index (χ2n) is 14.3. The molecular weight excluding hydrogens is 614 g/mol. The first-order valence-corrected chi connectivity index (χ1v) is 17.8. The highest BCUT2D eigenvalue weighted by molar-refractivity contribution is 6.31. The van der Waals surface area contributed by atoms with Crippen LogP contribution >= 0.6 is 0 Å². The Morgan fingerprint density at radius 2 is 1.55 bits per heavy atom. The summed E-state index contributed by atoms with van der Waals surface area (Å²) in [5, 5.41) is 11.9. The van der Waals surface area contributed by atoms with E-state index in [9.17, 15) is 14.7 Å². The van der Waals surface area contributed by atoms with Gasteiger partial charge in [-0.3, -0.25) is 24.1 Å². The number of Topliss-reactive ketones (excluding diaryl/α,β-unsaturated/α-hetero) is 1. The minimum atomic E-state index is -1.40. The van der Waals surface area contributed by atoms with Crippen molar-refractivity contribution in [2.24, 2.45) is 23.7 Å². The molecule has 4 aliphatic carbocycles. The summed E-state index contributed by atoms with van der Waals surface area (Å²) in [4.78, 5) is 60.4. The third-order valence-corrected chi connectivity index (χ3v) is 12.0. The molecule has 1 heterocycles. The van der Waals surface area contributed by atoms with Crippen molar-refractivity contribution in [1.29, 1.82) is 0 Å². The average Bonchev–Trinajstić information content (AvgIpc) is 3.40. The van der Waals surface area contributed by atoms with E-state index in [1.807, 2.05) is 79.7 Å². The zero-order chi connectivity index (χ0) is 33.9. The molecule has 1 saturated heterocycles. The number of rotatable bonds is 6. The first kappa shape index (κ1) is 31.5. The number of imide groups is 1. The van der Waals surface area contributed by atoms with Crippen LogP contribution in [0.5, 0.6) is 11.5 Å². The number of fused-ring (bicyclic) bond motifs is 4. The summed E-state index contributed by atoms with van der Waals surface area (Å²) in [7, 11) is 0. The summed E-state index contributed by atoms with van der Waals surface area (Å²) in [6, 6.07) is 23.9. The van der Waals surface area contributed by atoms with E-state index >= 15 is 9.59 Å². The Balaban J connectivity index is 1.36. The van der Waals surface area contributed by atoms with Crippen LogP contribution in [0.25, 0.3) is 5.57 Å².